The Balaban J connectivity index is 1.97. The van der Waals surface area contributed by atoms with Crippen LogP contribution in [0.25, 0.3) is 43.5 Å². The fourth-order valence-corrected chi connectivity index (χ4v) is 6.22. The third kappa shape index (κ3) is 4.13. The Morgan fingerprint density at radius 2 is 1.08 bits per heavy atom. The van der Waals surface area contributed by atoms with Gasteiger partial charge in [0, 0.05) is 23.9 Å². The number of halogens is 6. The molecular formula is C26H18F6NO3P. The van der Waals surface area contributed by atoms with Gasteiger partial charge in [-0.25, -0.2) is 0 Å². The normalized spacial score (nSPS) is 15.7. The van der Waals surface area contributed by atoms with Crippen molar-refractivity contribution in [2.45, 2.75) is 12.4 Å². The molecule has 192 valence electrons. The van der Waals surface area contributed by atoms with Gasteiger partial charge in [0.15, 0.2) is 11.2 Å². The van der Waals surface area contributed by atoms with Crippen LogP contribution >= 0.6 is 8.16 Å². The van der Waals surface area contributed by atoms with E-state index in [4.69, 9.17) is 13.1 Å². The summed E-state index contributed by atoms with van der Waals surface area (Å²) in [6.07, 6.45) is -9.66. The lowest BCUT2D eigenvalue weighted by Crippen LogP contribution is -2.33. The molecule has 1 saturated heterocycles. The van der Waals surface area contributed by atoms with Gasteiger partial charge in [0.25, 0.3) is 0 Å². The molecule has 0 aliphatic carbocycles. The predicted octanol–water partition coefficient (Wildman–Crippen LogP) is 8.60. The van der Waals surface area contributed by atoms with E-state index in [-0.39, 0.29) is 47.8 Å². The molecule has 0 amide bonds. The fraction of sp³-hybridized carbons (Fsp3) is 0.231. The topological polar surface area (TPSA) is 38.8 Å². The monoisotopic (exact) mass is 537 g/mol. The van der Waals surface area contributed by atoms with Gasteiger partial charge in [0.05, 0.1) is 24.3 Å². The van der Waals surface area contributed by atoms with Gasteiger partial charge < -0.3 is 13.1 Å². The first-order valence-electron chi connectivity index (χ1n) is 11.4. The molecule has 5 aromatic rings. The highest BCUT2D eigenvalue weighted by molar-refractivity contribution is 7.39. The van der Waals surface area contributed by atoms with Crippen LogP contribution in [0.5, 0.6) is 0 Å². The summed E-state index contributed by atoms with van der Waals surface area (Å²) in [5.74, 6) is 0. The molecule has 0 unspecified atom stereocenters. The number of hydrogen-bond acceptors (Lipinski definition) is 4. The minimum Gasteiger partial charge on any atom is -0.407 e. The van der Waals surface area contributed by atoms with Crippen LogP contribution in [0.3, 0.4) is 0 Å². The van der Waals surface area contributed by atoms with Crippen molar-refractivity contribution < 1.29 is 39.5 Å². The number of rotatable bonds is 1. The molecule has 4 nitrogen and oxygen atoms in total. The van der Waals surface area contributed by atoms with Crippen molar-refractivity contribution in [2.24, 2.45) is 0 Å². The summed E-state index contributed by atoms with van der Waals surface area (Å²) in [5, 5.41) is 0.976. The standard InChI is InChI=1S/C26H18F6NO3P/c27-25(28,29)19-13-15-5-1-3-7-17(15)21-22-18-8-4-2-6-16(18)14-20(26(30,31)32)24(22)36-37(35-23(19)21)33-9-11-34-12-10-33/h1-8,13-14H,9-12H2. The van der Waals surface area contributed by atoms with Crippen LogP contribution < -0.4 is 4.67 Å². The first-order chi connectivity index (χ1) is 17.6. The Kier molecular flexibility index (Phi) is 5.67. The van der Waals surface area contributed by atoms with Crippen LogP contribution in [0.4, 0.5) is 26.3 Å². The van der Waals surface area contributed by atoms with Gasteiger partial charge >= 0.3 is 20.5 Å². The predicted molar refractivity (Wildman–Crippen MR) is 130 cm³/mol. The van der Waals surface area contributed by atoms with Crippen molar-refractivity contribution in [1.82, 2.24) is 0 Å². The zero-order valence-electron chi connectivity index (χ0n) is 19.0. The summed E-state index contributed by atoms with van der Waals surface area (Å²) >= 11 is 0. The summed E-state index contributed by atoms with van der Waals surface area (Å²) in [7, 11) is -2.37. The van der Waals surface area contributed by atoms with E-state index in [0.717, 1.165) is 12.1 Å². The van der Waals surface area contributed by atoms with Crippen LogP contribution in [0.2, 0.25) is 0 Å². The molecule has 6 rings (SSSR count). The van der Waals surface area contributed by atoms with E-state index in [1.54, 1.807) is 41.1 Å². The Hall–Kier alpha value is -3.20. The van der Waals surface area contributed by atoms with Crippen molar-refractivity contribution in [2.75, 3.05) is 31.0 Å². The van der Waals surface area contributed by atoms with Crippen molar-refractivity contribution in [3.8, 4) is 0 Å². The summed E-state index contributed by atoms with van der Waals surface area (Å²) < 4.78 is 106. The molecule has 1 aromatic heterocycles. The van der Waals surface area contributed by atoms with Crippen molar-refractivity contribution >= 4 is 51.6 Å². The number of nitrogens with zero attached hydrogens (tertiary/aromatic N) is 1. The average molecular weight is 537 g/mol. The van der Waals surface area contributed by atoms with Gasteiger partial charge in [0.2, 0.25) is 0 Å². The largest absolute Gasteiger partial charge is 0.420 e. The number of morpholine rings is 1. The molecule has 0 atom stereocenters. The highest BCUT2D eigenvalue weighted by Crippen LogP contribution is 2.49. The van der Waals surface area contributed by atoms with Crippen molar-refractivity contribution in [3.63, 3.8) is 0 Å². The second kappa shape index (κ2) is 8.68. The van der Waals surface area contributed by atoms with Crippen LogP contribution in [0.1, 0.15) is 11.1 Å². The Morgan fingerprint density at radius 3 is 1.51 bits per heavy atom. The van der Waals surface area contributed by atoms with E-state index in [2.05, 4.69) is 0 Å². The lowest BCUT2D eigenvalue weighted by molar-refractivity contribution is -0.137. The molecule has 1 fully saturated rings. The fourth-order valence-electron chi connectivity index (χ4n) is 4.77. The zero-order chi connectivity index (χ0) is 25.9. The van der Waals surface area contributed by atoms with E-state index in [0.29, 0.717) is 10.8 Å². The molecule has 0 saturated carbocycles. The van der Waals surface area contributed by atoms with Gasteiger partial charge in [-0.05, 0) is 33.7 Å². The maximum absolute atomic E-state index is 14.4. The lowest BCUT2D eigenvalue weighted by atomic mass is 9.94. The molecule has 37 heavy (non-hydrogen) atoms. The van der Waals surface area contributed by atoms with Crippen LogP contribution in [-0.4, -0.2) is 26.3 Å². The molecule has 0 N–H and O–H groups in total. The highest BCUT2D eigenvalue weighted by atomic mass is 31.1. The van der Waals surface area contributed by atoms with Crippen LogP contribution in [-0.2, 0) is 17.1 Å². The van der Waals surface area contributed by atoms with Gasteiger partial charge in [-0.3, -0.25) is 0 Å². The van der Waals surface area contributed by atoms with E-state index < -0.39 is 42.8 Å². The second-order valence-electron chi connectivity index (χ2n) is 8.68. The molecule has 0 bridgehead atoms. The SMILES string of the molecule is FC(F)(F)c1cc2ccccc2c2c1op(N1CCOCC1)oc1c(C(F)(F)F)cc3ccccc3c12. The summed E-state index contributed by atoms with van der Waals surface area (Å²) in [4.78, 5) is 0. The van der Waals surface area contributed by atoms with Crippen molar-refractivity contribution in [1.29, 1.82) is 0 Å². The van der Waals surface area contributed by atoms with E-state index in [1.807, 2.05) is 0 Å². The summed E-state index contributed by atoms with van der Waals surface area (Å²) in [6, 6.07) is 14.5. The van der Waals surface area contributed by atoms with Gasteiger partial charge in [0.1, 0.15) is 0 Å². The van der Waals surface area contributed by atoms with Crippen molar-refractivity contribution in [3.05, 3.63) is 71.8 Å². The quantitative estimate of drug-likeness (QED) is 0.201. The lowest BCUT2D eigenvalue weighted by Gasteiger charge is -2.23. The maximum Gasteiger partial charge on any atom is 0.420 e. The molecule has 2 heterocycles. The third-order valence-electron chi connectivity index (χ3n) is 6.42. The van der Waals surface area contributed by atoms with Crippen LogP contribution in [0, 0.1) is 0 Å². The second-order valence-corrected chi connectivity index (χ2v) is 10.1. The average Bonchev–Trinajstić information content (AvgIpc) is 3.05. The van der Waals surface area contributed by atoms with Gasteiger partial charge in [-0.2, -0.15) is 31.0 Å². The molecule has 0 spiro atoms. The smallest absolute Gasteiger partial charge is 0.407 e. The molecule has 4 aromatic carbocycles. The summed E-state index contributed by atoms with van der Waals surface area (Å²) in [6.45, 7) is 0.971. The maximum atomic E-state index is 14.4. The molecule has 1 aliphatic rings. The number of ether oxygens (including phenoxy) is 1. The van der Waals surface area contributed by atoms with E-state index in [1.165, 1.54) is 12.1 Å². The Labute approximate surface area is 206 Å². The summed E-state index contributed by atoms with van der Waals surface area (Å²) in [5.41, 5.74) is -3.21. The zero-order valence-corrected chi connectivity index (χ0v) is 19.9. The first-order valence-corrected chi connectivity index (χ1v) is 12.5. The molecular weight excluding hydrogens is 519 g/mol. The number of hydrogen-bond donors (Lipinski definition) is 0. The third-order valence-corrected chi connectivity index (χ3v) is 7.96. The van der Waals surface area contributed by atoms with E-state index >= 15 is 0 Å². The minimum absolute atomic E-state index is 0.0685. The highest BCUT2D eigenvalue weighted by Gasteiger charge is 2.38. The number of alkyl halides is 6. The minimum atomic E-state index is -4.83. The molecule has 11 heteroatoms. The number of benzene rings is 4. The Bertz CT molecular complexity index is 1590. The van der Waals surface area contributed by atoms with Gasteiger partial charge in [-0.1, -0.05) is 48.5 Å². The van der Waals surface area contributed by atoms with Crippen LogP contribution in [0.15, 0.2) is 69.1 Å². The Morgan fingerprint density at radius 1 is 0.649 bits per heavy atom. The number of fused-ring (bicyclic) bond motifs is 7. The van der Waals surface area contributed by atoms with Gasteiger partial charge in [-0.15, -0.1) is 0 Å². The molecule has 0 radical (unpaired) electrons. The van der Waals surface area contributed by atoms with E-state index in [9.17, 15) is 26.3 Å². The first kappa shape index (κ1) is 24.2. The molecule has 1 aliphatic heterocycles.